The Bertz CT molecular complexity index is 716. The number of benzene rings is 2. The standard InChI is InChI=1S/C16H15N3O4/c1-23-15(21)12-9-5-6-10-13(12)17-16(22)19-18-14(20)11-7-3-2-4-8-11/h2-10H,1H3,(H,18,20)(H2,17,19,22). The van der Waals surface area contributed by atoms with Crippen LogP contribution < -0.4 is 16.2 Å². The van der Waals surface area contributed by atoms with Gasteiger partial charge in [0.1, 0.15) is 0 Å². The largest absolute Gasteiger partial charge is 0.465 e. The van der Waals surface area contributed by atoms with E-state index in [9.17, 15) is 14.4 Å². The van der Waals surface area contributed by atoms with E-state index < -0.39 is 17.9 Å². The molecule has 23 heavy (non-hydrogen) atoms. The van der Waals surface area contributed by atoms with Crippen LogP contribution >= 0.6 is 0 Å². The van der Waals surface area contributed by atoms with Crippen molar-refractivity contribution in [3.63, 3.8) is 0 Å². The first-order valence-electron chi connectivity index (χ1n) is 6.71. The molecule has 0 aromatic heterocycles. The third kappa shape index (κ3) is 4.31. The molecule has 0 aliphatic heterocycles. The molecular formula is C16H15N3O4. The lowest BCUT2D eigenvalue weighted by Crippen LogP contribution is -2.44. The SMILES string of the molecule is COC(=O)c1ccccc1NC(=O)NNC(=O)c1ccccc1. The number of carbonyl (C=O) groups excluding carboxylic acids is 3. The van der Waals surface area contributed by atoms with Crippen molar-refractivity contribution in [3.8, 4) is 0 Å². The fourth-order valence-electron chi connectivity index (χ4n) is 1.81. The van der Waals surface area contributed by atoms with Crippen molar-refractivity contribution < 1.29 is 19.1 Å². The lowest BCUT2D eigenvalue weighted by molar-refractivity contribution is 0.0601. The van der Waals surface area contributed by atoms with Crippen molar-refractivity contribution >= 4 is 23.6 Å². The zero-order valence-corrected chi connectivity index (χ0v) is 12.3. The molecule has 0 unspecified atom stereocenters. The summed E-state index contributed by atoms with van der Waals surface area (Å²) in [6.45, 7) is 0. The molecule has 0 heterocycles. The molecule has 0 atom stereocenters. The maximum atomic E-state index is 11.8. The van der Waals surface area contributed by atoms with Gasteiger partial charge in [0.05, 0.1) is 18.4 Å². The Hall–Kier alpha value is -3.35. The first kappa shape index (κ1) is 16.0. The van der Waals surface area contributed by atoms with Gasteiger partial charge in [-0.25, -0.2) is 15.0 Å². The third-order valence-corrected chi connectivity index (χ3v) is 2.91. The first-order valence-corrected chi connectivity index (χ1v) is 6.71. The summed E-state index contributed by atoms with van der Waals surface area (Å²) < 4.78 is 4.63. The van der Waals surface area contributed by atoms with Crippen LogP contribution in [0, 0.1) is 0 Å². The normalized spacial score (nSPS) is 9.61. The van der Waals surface area contributed by atoms with Crippen LogP contribution in [-0.4, -0.2) is 25.0 Å². The molecule has 118 valence electrons. The minimum Gasteiger partial charge on any atom is -0.465 e. The van der Waals surface area contributed by atoms with E-state index in [1.807, 2.05) is 0 Å². The second kappa shape index (κ2) is 7.60. The van der Waals surface area contributed by atoms with E-state index in [-0.39, 0.29) is 11.3 Å². The van der Waals surface area contributed by atoms with E-state index in [1.165, 1.54) is 13.2 Å². The zero-order chi connectivity index (χ0) is 16.7. The van der Waals surface area contributed by atoms with Gasteiger partial charge in [0.25, 0.3) is 5.91 Å². The van der Waals surface area contributed by atoms with Crippen LogP contribution in [-0.2, 0) is 4.74 Å². The first-order chi connectivity index (χ1) is 11.1. The molecule has 3 amide bonds. The lowest BCUT2D eigenvalue weighted by Gasteiger charge is -2.11. The number of hydrogen-bond donors (Lipinski definition) is 3. The average molecular weight is 313 g/mol. The topological polar surface area (TPSA) is 96.5 Å². The van der Waals surface area contributed by atoms with Gasteiger partial charge in [0, 0.05) is 5.56 Å². The molecule has 0 spiro atoms. The quantitative estimate of drug-likeness (QED) is 0.596. The van der Waals surface area contributed by atoms with Crippen molar-refractivity contribution in [1.29, 1.82) is 0 Å². The highest BCUT2D eigenvalue weighted by Gasteiger charge is 2.13. The predicted octanol–water partition coefficient (Wildman–Crippen LogP) is 1.94. The Balaban J connectivity index is 1.96. The maximum Gasteiger partial charge on any atom is 0.339 e. The van der Waals surface area contributed by atoms with Crippen molar-refractivity contribution in [2.45, 2.75) is 0 Å². The van der Waals surface area contributed by atoms with Gasteiger partial charge in [-0.3, -0.25) is 10.2 Å². The van der Waals surface area contributed by atoms with Gasteiger partial charge < -0.3 is 10.1 Å². The van der Waals surface area contributed by atoms with Crippen LogP contribution in [0.1, 0.15) is 20.7 Å². The Morgan fingerprint density at radius 1 is 0.870 bits per heavy atom. The number of anilines is 1. The Morgan fingerprint density at radius 2 is 1.52 bits per heavy atom. The molecule has 2 aromatic rings. The number of esters is 1. The van der Waals surface area contributed by atoms with Gasteiger partial charge >= 0.3 is 12.0 Å². The molecule has 0 fully saturated rings. The van der Waals surface area contributed by atoms with Crippen molar-refractivity contribution in [2.75, 3.05) is 12.4 Å². The lowest BCUT2D eigenvalue weighted by atomic mass is 10.2. The number of para-hydroxylation sites is 1. The Kier molecular flexibility index (Phi) is 5.30. The van der Waals surface area contributed by atoms with E-state index in [0.717, 1.165) is 0 Å². The van der Waals surface area contributed by atoms with Gasteiger partial charge in [-0.1, -0.05) is 30.3 Å². The highest BCUT2D eigenvalue weighted by atomic mass is 16.5. The second-order valence-electron chi connectivity index (χ2n) is 4.44. The molecule has 0 aliphatic carbocycles. The monoisotopic (exact) mass is 313 g/mol. The summed E-state index contributed by atoms with van der Waals surface area (Å²) in [7, 11) is 1.25. The summed E-state index contributed by atoms with van der Waals surface area (Å²) in [4.78, 5) is 35.2. The highest BCUT2D eigenvalue weighted by molar-refractivity contribution is 6.01. The van der Waals surface area contributed by atoms with E-state index in [1.54, 1.807) is 48.5 Å². The molecule has 0 aliphatic rings. The van der Waals surface area contributed by atoms with Crippen LogP contribution in [0.2, 0.25) is 0 Å². The van der Waals surface area contributed by atoms with E-state index in [0.29, 0.717) is 5.56 Å². The molecule has 2 rings (SSSR count). The van der Waals surface area contributed by atoms with Crippen LogP contribution in [0.4, 0.5) is 10.5 Å². The third-order valence-electron chi connectivity index (χ3n) is 2.91. The van der Waals surface area contributed by atoms with Crippen LogP contribution in [0.15, 0.2) is 54.6 Å². The summed E-state index contributed by atoms with van der Waals surface area (Å²) >= 11 is 0. The number of carbonyl (C=O) groups is 3. The number of rotatable bonds is 3. The number of hydrogen-bond acceptors (Lipinski definition) is 4. The summed E-state index contributed by atoms with van der Waals surface area (Å²) in [5, 5.41) is 2.47. The number of methoxy groups -OCH3 is 1. The van der Waals surface area contributed by atoms with Gasteiger partial charge in [0.15, 0.2) is 0 Å². The van der Waals surface area contributed by atoms with E-state index in [2.05, 4.69) is 20.9 Å². The Labute approximate surface area is 132 Å². The van der Waals surface area contributed by atoms with E-state index >= 15 is 0 Å². The summed E-state index contributed by atoms with van der Waals surface area (Å²) in [6.07, 6.45) is 0. The molecule has 0 saturated heterocycles. The van der Waals surface area contributed by atoms with Gasteiger partial charge in [-0.05, 0) is 24.3 Å². The molecule has 0 bridgehead atoms. The Morgan fingerprint density at radius 3 is 2.22 bits per heavy atom. The average Bonchev–Trinajstić information content (AvgIpc) is 2.60. The van der Waals surface area contributed by atoms with Crippen LogP contribution in [0.25, 0.3) is 0 Å². The number of amides is 3. The smallest absolute Gasteiger partial charge is 0.339 e. The summed E-state index contributed by atoms with van der Waals surface area (Å²) in [6, 6.07) is 14.1. The fourth-order valence-corrected chi connectivity index (χ4v) is 1.81. The van der Waals surface area contributed by atoms with Crippen molar-refractivity contribution in [2.24, 2.45) is 0 Å². The van der Waals surface area contributed by atoms with Crippen molar-refractivity contribution in [1.82, 2.24) is 10.9 Å². The van der Waals surface area contributed by atoms with Crippen LogP contribution in [0.3, 0.4) is 0 Å². The molecule has 0 saturated carbocycles. The fraction of sp³-hybridized carbons (Fsp3) is 0.0625. The molecule has 3 N–H and O–H groups in total. The van der Waals surface area contributed by atoms with E-state index in [4.69, 9.17) is 0 Å². The number of nitrogens with one attached hydrogen (secondary N) is 3. The zero-order valence-electron chi connectivity index (χ0n) is 12.3. The molecule has 2 aromatic carbocycles. The summed E-state index contributed by atoms with van der Waals surface area (Å²) in [5.74, 6) is -1.03. The number of urea groups is 1. The highest BCUT2D eigenvalue weighted by Crippen LogP contribution is 2.15. The van der Waals surface area contributed by atoms with Gasteiger partial charge in [-0.2, -0.15) is 0 Å². The van der Waals surface area contributed by atoms with Gasteiger partial charge in [-0.15, -0.1) is 0 Å². The molecular weight excluding hydrogens is 298 g/mol. The molecule has 0 radical (unpaired) electrons. The second-order valence-corrected chi connectivity index (χ2v) is 4.44. The van der Waals surface area contributed by atoms with Crippen molar-refractivity contribution in [3.05, 3.63) is 65.7 Å². The van der Waals surface area contributed by atoms with Crippen LogP contribution in [0.5, 0.6) is 0 Å². The number of ether oxygens (including phenoxy) is 1. The maximum absolute atomic E-state index is 11.8. The minimum absolute atomic E-state index is 0.208. The predicted molar refractivity (Wildman–Crippen MR) is 83.8 cm³/mol. The number of hydrazine groups is 1. The molecule has 7 nitrogen and oxygen atoms in total. The minimum atomic E-state index is -0.689. The molecule has 7 heteroatoms. The summed E-state index contributed by atoms with van der Waals surface area (Å²) in [5.41, 5.74) is 5.36. The van der Waals surface area contributed by atoms with Gasteiger partial charge in [0.2, 0.25) is 0 Å².